The van der Waals surface area contributed by atoms with Crippen LogP contribution >= 0.6 is 0 Å². The molecule has 0 unspecified atom stereocenters. The summed E-state index contributed by atoms with van der Waals surface area (Å²) in [6, 6.07) is 19.7. The Bertz CT molecular complexity index is 834. The molecule has 1 heterocycles. The first-order valence-corrected chi connectivity index (χ1v) is 7.63. The number of hydrogen-bond acceptors (Lipinski definition) is 2. The zero-order valence-electron chi connectivity index (χ0n) is 13.0. The second kappa shape index (κ2) is 5.15. The molecule has 0 radical (unpaired) electrons. The van der Waals surface area contributed by atoms with E-state index in [1.807, 2.05) is 0 Å². The van der Waals surface area contributed by atoms with E-state index in [1.165, 1.54) is 38.7 Å². The van der Waals surface area contributed by atoms with Gasteiger partial charge in [-0.15, -0.1) is 0 Å². The summed E-state index contributed by atoms with van der Waals surface area (Å²) in [5, 5.41) is 2.60. The van der Waals surface area contributed by atoms with Crippen LogP contribution in [0.4, 0.5) is 5.69 Å². The molecular weight excluding hydrogens is 270 g/mol. The van der Waals surface area contributed by atoms with Gasteiger partial charge in [-0.05, 0) is 51.2 Å². The van der Waals surface area contributed by atoms with Gasteiger partial charge in [0, 0.05) is 19.8 Å². The SMILES string of the molecule is CN(C)c1ccc(-c2c3c(cc4ccccc24)COC3)cc1. The van der Waals surface area contributed by atoms with Crippen molar-refractivity contribution in [1.82, 2.24) is 0 Å². The molecular formula is C20H19NO. The second-order valence-corrected chi connectivity index (χ2v) is 6.04. The molecule has 0 bridgehead atoms. The van der Waals surface area contributed by atoms with Crippen molar-refractivity contribution < 1.29 is 4.74 Å². The number of ether oxygens (including phenoxy) is 1. The second-order valence-electron chi connectivity index (χ2n) is 6.04. The van der Waals surface area contributed by atoms with E-state index in [0.29, 0.717) is 6.61 Å². The summed E-state index contributed by atoms with van der Waals surface area (Å²) >= 11 is 0. The van der Waals surface area contributed by atoms with Crippen molar-refractivity contribution in [3.8, 4) is 11.1 Å². The van der Waals surface area contributed by atoms with E-state index in [0.717, 1.165) is 6.61 Å². The number of nitrogens with zero attached hydrogens (tertiary/aromatic N) is 1. The lowest BCUT2D eigenvalue weighted by atomic mass is 9.91. The maximum atomic E-state index is 5.70. The van der Waals surface area contributed by atoms with Crippen LogP contribution in [-0.4, -0.2) is 14.1 Å². The van der Waals surface area contributed by atoms with Crippen LogP contribution in [0.2, 0.25) is 0 Å². The number of rotatable bonds is 2. The Balaban J connectivity index is 1.97. The number of hydrogen-bond donors (Lipinski definition) is 0. The van der Waals surface area contributed by atoms with Crippen LogP contribution in [0.5, 0.6) is 0 Å². The third-order valence-electron chi connectivity index (χ3n) is 4.43. The third-order valence-corrected chi connectivity index (χ3v) is 4.43. The minimum absolute atomic E-state index is 0.713. The molecule has 110 valence electrons. The van der Waals surface area contributed by atoms with Crippen LogP contribution in [-0.2, 0) is 18.0 Å². The maximum absolute atomic E-state index is 5.70. The molecule has 0 saturated carbocycles. The summed E-state index contributed by atoms with van der Waals surface area (Å²) in [6.45, 7) is 1.44. The lowest BCUT2D eigenvalue weighted by Crippen LogP contribution is -2.08. The van der Waals surface area contributed by atoms with Crippen LogP contribution in [0.3, 0.4) is 0 Å². The van der Waals surface area contributed by atoms with Crippen molar-refractivity contribution in [2.75, 3.05) is 19.0 Å². The largest absolute Gasteiger partial charge is 0.378 e. The maximum Gasteiger partial charge on any atom is 0.0731 e. The molecule has 2 nitrogen and oxygen atoms in total. The average molecular weight is 289 g/mol. The minimum atomic E-state index is 0.713. The third kappa shape index (κ3) is 2.08. The van der Waals surface area contributed by atoms with Crippen molar-refractivity contribution in [1.29, 1.82) is 0 Å². The predicted octanol–water partition coefficient (Wildman–Crippen LogP) is 4.60. The Morgan fingerprint density at radius 3 is 2.45 bits per heavy atom. The molecule has 0 spiro atoms. The zero-order chi connectivity index (χ0) is 15.1. The first-order valence-electron chi connectivity index (χ1n) is 7.63. The minimum Gasteiger partial charge on any atom is -0.378 e. The van der Waals surface area contributed by atoms with Gasteiger partial charge in [-0.3, -0.25) is 0 Å². The van der Waals surface area contributed by atoms with Gasteiger partial charge in [-0.25, -0.2) is 0 Å². The summed E-state index contributed by atoms with van der Waals surface area (Å²) in [6.07, 6.45) is 0. The van der Waals surface area contributed by atoms with Crippen LogP contribution in [0.1, 0.15) is 11.1 Å². The van der Waals surface area contributed by atoms with Crippen molar-refractivity contribution >= 4 is 16.5 Å². The first-order chi connectivity index (χ1) is 10.7. The van der Waals surface area contributed by atoms with Gasteiger partial charge in [0.1, 0.15) is 0 Å². The fourth-order valence-electron chi connectivity index (χ4n) is 3.26. The highest BCUT2D eigenvalue weighted by Crippen LogP contribution is 2.38. The van der Waals surface area contributed by atoms with E-state index >= 15 is 0 Å². The van der Waals surface area contributed by atoms with E-state index in [9.17, 15) is 0 Å². The van der Waals surface area contributed by atoms with Gasteiger partial charge >= 0.3 is 0 Å². The van der Waals surface area contributed by atoms with E-state index in [2.05, 4.69) is 73.6 Å². The van der Waals surface area contributed by atoms with Gasteiger partial charge in [0.2, 0.25) is 0 Å². The molecule has 0 saturated heterocycles. The summed E-state index contributed by atoms with van der Waals surface area (Å²) in [5.74, 6) is 0. The Morgan fingerprint density at radius 2 is 1.68 bits per heavy atom. The van der Waals surface area contributed by atoms with Gasteiger partial charge in [0.05, 0.1) is 13.2 Å². The molecule has 4 rings (SSSR count). The quantitative estimate of drug-likeness (QED) is 0.683. The molecule has 1 aliphatic heterocycles. The Hall–Kier alpha value is -2.32. The van der Waals surface area contributed by atoms with Crippen molar-refractivity contribution in [2.45, 2.75) is 13.2 Å². The number of fused-ring (bicyclic) bond motifs is 2. The molecule has 0 atom stereocenters. The molecule has 1 aliphatic rings. The molecule has 0 fully saturated rings. The molecule has 3 aromatic carbocycles. The number of benzene rings is 3. The standard InChI is InChI=1S/C20H19NO/c1-21(2)17-9-7-14(8-10-17)20-18-6-4-3-5-15(18)11-16-12-22-13-19(16)20/h3-11H,12-13H2,1-2H3. The highest BCUT2D eigenvalue weighted by atomic mass is 16.5. The van der Waals surface area contributed by atoms with Crippen molar-refractivity contribution in [2.24, 2.45) is 0 Å². The molecule has 22 heavy (non-hydrogen) atoms. The normalized spacial score (nSPS) is 13.4. The molecule has 0 aliphatic carbocycles. The fourth-order valence-corrected chi connectivity index (χ4v) is 3.26. The number of anilines is 1. The fraction of sp³-hybridized carbons (Fsp3) is 0.200. The summed E-state index contributed by atoms with van der Waals surface area (Å²) in [4.78, 5) is 2.13. The Labute approximate surface area is 130 Å². The van der Waals surface area contributed by atoms with Gasteiger partial charge in [-0.2, -0.15) is 0 Å². The Kier molecular flexibility index (Phi) is 3.12. The van der Waals surface area contributed by atoms with Crippen molar-refractivity contribution in [3.05, 3.63) is 65.7 Å². The van der Waals surface area contributed by atoms with E-state index in [4.69, 9.17) is 4.74 Å². The Morgan fingerprint density at radius 1 is 0.909 bits per heavy atom. The van der Waals surface area contributed by atoms with Crippen LogP contribution in [0, 0.1) is 0 Å². The summed E-state index contributed by atoms with van der Waals surface area (Å²) in [5.41, 5.74) is 6.48. The lowest BCUT2D eigenvalue weighted by molar-refractivity contribution is 0.134. The van der Waals surface area contributed by atoms with Gasteiger partial charge < -0.3 is 9.64 Å². The van der Waals surface area contributed by atoms with Crippen LogP contribution in [0.15, 0.2) is 54.6 Å². The monoisotopic (exact) mass is 289 g/mol. The van der Waals surface area contributed by atoms with E-state index in [1.54, 1.807) is 0 Å². The lowest BCUT2D eigenvalue weighted by Gasteiger charge is -2.15. The van der Waals surface area contributed by atoms with Crippen molar-refractivity contribution in [3.63, 3.8) is 0 Å². The zero-order valence-corrected chi connectivity index (χ0v) is 13.0. The summed E-state index contributed by atoms with van der Waals surface area (Å²) in [7, 11) is 4.14. The highest BCUT2D eigenvalue weighted by molar-refractivity contribution is 5.99. The highest BCUT2D eigenvalue weighted by Gasteiger charge is 2.19. The topological polar surface area (TPSA) is 12.5 Å². The van der Waals surface area contributed by atoms with E-state index < -0.39 is 0 Å². The first kappa shape index (κ1) is 13.4. The van der Waals surface area contributed by atoms with Gasteiger partial charge in [0.25, 0.3) is 0 Å². The van der Waals surface area contributed by atoms with Gasteiger partial charge in [-0.1, -0.05) is 36.4 Å². The molecule has 0 aromatic heterocycles. The molecule has 3 aromatic rings. The van der Waals surface area contributed by atoms with Crippen LogP contribution in [0.25, 0.3) is 21.9 Å². The molecule has 2 heteroatoms. The molecule has 0 N–H and O–H groups in total. The van der Waals surface area contributed by atoms with E-state index in [-0.39, 0.29) is 0 Å². The van der Waals surface area contributed by atoms with Crippen LogP contribution < -0.4 is 4.90 Å². The smallest absolute Gasteiger partial charge is 0.0731 e. The average Bonchev–Trinajstić information content (AvgIpc) is 3.00. The van der Waals surface area contributed by atoms with Gasteiger partial charge in [0.15, 0.2) is 0 Å². The summed E-state index contributed by atoms with van der Waals surface area (Å²) < 4.78 is 5.70. The predicted molar refractivity (Wildman–Crippen MR) is 92.2 cm³/mol. The molecule has 0 amide bonds.